The fraction of sp³-hybridized carbons (Fsp3) is 0.143. The summed E-state index contributed by atoms with van der Waals surface area (Å²) in [4.78, 5) is 17.1. The Hall–Kier alpha value is -3.34. The minimum atomic E-state index is -0.311. The summed E-state index contributed by atoms with van der Waals surface area (Å²) >= 11 is 0. The number of amides is 1. The Balaban J connectivity index is 1.93. The van der Waals surface area contributed by atoms with Gasteiger partial charge in [-0.3, -0.25) is 9.78 Å². The Morgan fingerprint density at radius 3 is 2.15 bits per heavy atom. The molecule has 132 valence electrons. The summed E-state index contributed by atoms with van der Waals surface area (Å²) in [6.07, 6.45) is 3.46. The van der Waals surface area contributed by atoms with Crippen LogP contribution in [0.3, 0.4) is 0 Å². The van der Waals surface area contributed by atoms with Gasteiger partial charge in [-0.15, -0.1) is 0 Å². The molecule has 1 N–H and O–H groups in total. The van der Waals surface area contributed by atoms with Gasteiger partial charge in [0, 0.05) is 24.0 Å². The molecule has 0 bridgehead atoms. The van der Waals surface area contributed by atoms with E-state index in [0.29, 0.717) is 17.1 Å². The van der Waals surface area contributed by atoms with E-state index >= 15 is 0 Å². The lowest BCUT2D eigenvalue weighted by molar-refractivity contribution is 0.0942. The zero-order valence-corrected chi connectivity index (χ0v) is 14.7. The Morgan fingerprint density at radius 1 is 0.923 bits per heavy atom. The van der Waals surface area contributed by atoms with Crippen molar-refractivity contribution in [2.45, 2.75) is 6.04 Å². The lowest BCUT2D eigenvalue weighted by Crippen LogP contribution is -2.29. The molecule has 1 amide bonds. The van der Waals surface area contributed by atoms with E-state index in [9.17, 15) is 4.79 Å². The number of hydrogen-bond acceptors (Lipinski definition) is 4. The van der Waals surface area contributed by atoms with Crippen LogP contribution in [-0.2, 0) is 0 Å². The third kappa shape index (κ3) is 4.00. The van der Waals surface area contributed by atoms with E-state index in [0.717, 1.165) is 11.1 Å². The standard InChI is InChI=1S/C21H20N2O3/c1-25-18-11-17(12-19(13-18)26-2)21(24)23-20(15-7-4-3-5-8-15)16-9-6-10-22-14-16/h3-14,20H,1-2H3,(H,23,24)/t20-/m1/s1. The summed E-state index contributed by atoms with van der Waals surface area (Å²) < 4.78 is 10.5. The summed E-state index contributed by atoms with van der Waals surface area (Å²) in [5.41, 5.74) is 2.34. The van der Waals surface area contributed by atoms with Gasteiger partial charge in [-0.25, -0.2) is 0 Å². The first-order chi connectivity index (χ1) is 12.7. The largest absolute Gasteiger partial charge is 0.497 e. The van der Waals surface area contributed by atoms with E-state index in [-0.39, 0.29) is 11.9 Å². The van der Waals surface area contributed by atoms with E-state index in [1.807, 2.05) is 42.5 Å². The fourth-order valence-corrected chi connectivity index (χ4v) is 2.70. The predicted molar refractivity (Wildman–Crippen MR) is 99.5 cm³/mol. The molecule has 0 radical (unpaired) electrons. The van der Waals surface area contributed by atoms with E-state index in [4.69, 9.17) is 9.47 Å². The highest BCUT2D eigenvalue weighted by atomic mass is 16.5. The number of pyridine rings is 1. The van der Waals surface area contributed by atoms with Gasteiger partial charge in [-0.05, 0) is 29.3 Å². The second-order valence-corrected chi connectivity index (χ2v) is 5.70. The summed E-state index contributed by atoms with van der Waals surface area (Å²) in [6.45, 7) is 0. The first-order valence-corrected chi connectivity index (χ1v) is 8.20. The van der Waals surface area contributed by atoms with Gasteiger partial charge in [-0.2, -0.15) is 0 Å². The van der Waals surface area contributed by atoms with Crippen molar-refractivity contribution in [2.75, 3.05) is 14.2 Å². The topological polar surface area (TPSA) is 60.5 Å². The molecule has 0 saturated carbocycles. The SMILES string of the molecule is COc1cc(OC)cc(C(=O)N[C@H](c2ccccc2)c2cccnc2)c1. The van der Waals surface area contributed by atoms with Crippen LogP contribution in [0.15, 0.2) is 73.1 Å². The molecule has 0 unspecified atom stereocenters. The fourth-order valence-electron chi connectivity index (χ4n) is 2.70. The van der Waals surface area contributed by atoms with Crippen molar-refractivity contribution in [3.05, 3.63) is 89.7 Å². The number of ether oxygens (including phenoxy) is 2. The smallest absolute Gasteiger partial charge is 0.252 e. The lowest BCUT2D eigenvalue weighted by atomic mass is 9.99. The normalized spacial score (nSPS) is 11.5. The van der Waals surface area contributed by atoms with E-state index in [1.165, 1.54) is 0 Å². The summed E-state index contributed by atoms with van der Waals surface area (Å²) in [5, 5.41) is 3.08. The van der Waals surface area contributed by atoms with Gasteiger partial charge < -0.3 is 14.8 Å². The highest BCUT2D eigenvalue weighted by molar-refractivity contribution is 5.95. The van der Waals surface area contributed by atoms with Gasteiger partial charge in [0.2, 0.25) is 0 Å². The maximum atomic E-state index is 12.9. The minimum absolute atomic E-state index is 0.222. The average Bonchev–Trinajstić information content (AvgIpc) is 2.72. The van der Waals surface area contributed by atoms with Crippen molar-refractivity contribution >= 4 is 5.91 Å². The number of carbonyl (C=O) groups is 1. The summed E-state index contributed by atoms with van der Waals surface area (Å²) in [7, 11) is 3.11. The molecule has 0 spiro atoms. The molecule has 2 aromatic carbocycles. The van der Waals surface area contributed by atoms with Crippen LogP contribution in [0.2, 0.25) is 0 Å². The highest BCUT2D eigenvalue weighted by Crippen LogP contribution is 2.25. The molecular formula is C21H20N2O3. The zero-order valence-electron chi connectivity index (χ0n) is 14.7. The number of aromatic nitrogens is 1. The van der Waals surface area contributed by atoms with Crippen LogP contribution in [0.25, 0.3) is 0 Å². The molecule has 0 saturated heterocycles. The Bertz CT molecular complexity index is 805. The Labute approximate surface area is 152 Å². The zero-order chi connectivity index (χ0) is 18.4. The van der Waals surface area contributed by atoms with Gasteiger partial charge in [0.1, 0.15) is 11.5 Å². The van der Waals surface area contributed by atoms with Crippen LogP contribution >= 0.6 is 0 Å². The molecule has 1 atom stereocenters. The molecule has 3 rings (SSSR count). The number of nitrogens with zero attached hydrogens (tertiary/aromatic N) is 1. The van der Waals surface area contributed by atoms with Gasteiger partial charge in [0.15, 0.2) is 0 Å². The third-order valence-corrected chi connectivity index (χ3v) is 4.04. The van der Waals surface area contributed by atoms with E-state index in [1.54, 1.807) is 44.8 Å². The van der Waals surface area contributed by atoms with Crippen molar-refractivity contribution in [2.24, 2.45) is 0 Å². The molecule has 26 heavy (non-hydrogen) atoms. The van der Waals surface area contributed by atoms with Crippen LogP contribution in [0, 0.1) is 0 Å². The quantitative estimate of drug-likeness (QED) is 0.739. The average molecular weight is 348 g/mol. The molecule has 5 heteroatoms. The number of methoxy groups -OCH3 is 2. The molecule has 0 aliphatic carbocycles. The number of hydrogen-bond donors (Lipinski definition) is 1. The van der Waals surface area contributed by atoms with Crippen molar-refractivity contribution in [1.29, 1.82) is 0 Å². The van der Waals surface area contributed by atoms with Crippen LogP contribution in [0.4, 0.5) is 0 Å². The molecular weight excluding hydrogens is 328 g/mol. The number of benzene rings is 2. The van der Waals surface area contributed by atoms with Gasteiger partial charge >= 0.3 is 0 Å². The molecule has 0 fully saturated rings. The molecule has 0 aliphatic rings. The number of nitrogens with one attached hydrogen (secondary N) is 1. The number of rotatable bonds is 6. The van der Waals surface area contributed by atoms with Gasteiger partial charge in [0.05, 0.1) is 20.3 Å². The van der Waals surface area contributed by atoms with Crippen molar-refractivity contribution in [3.63, 3.8) is 0 Å². The van der Waals surface area contributed by atoms with E-state index < -0.39 is 0 Å². The van der Waals surface area contributed by atoms with Crippen molar-refractivity contribution in [1.82, 2.24) is 10.3 Å². The first kappa shape index (κ1) is 17.5. The third-order valence-electron chi connectivity index (χ3n) is 4.04. The number of carbonyl (C=O) groups excluding carboxylic acids is 1. The van der Waals surface area contributed by atoms with Crippen molar-refractivity contribution in [3.8, 4) is 11.5 Å². The Kier molecular flexibility index (Phi) is 5.49. The molecule has 1 aromatic heterocycles. The van der Waals surface area contributed by atoms with Crippen LogP contribution in [0.1, 0.15) is 27.5 Å². The maximum Gasteiger partial charge on any atom is 0.252 e. The second kappa shape index (κ2) is 8.16. The van der Waals surface area contributed by atoms with Crippen LogP contribution in [-0.4, -0.2) is 25.1 Å². The summed E-state index contributed by atoms with van der Waals surface area (Å²) in [5.74, 6) is 0.902. The van der Waals surface area contributed by atoms with Crippen molar-refractivity contribution < 1.29 is 14.3 Å². The van der Waals surface area contributed by atoms with Gasteiger partial charge in [-0.1, -0.05) is 36.4 Å². The molecule has 0 aliphatic heterocycles. The second-order valence-electron chi connectivity index (χ2n) is 5.70. The lowest BCUT2D eigenvalue weighted by Gasteiger charge is -2.20. The maximum absolute atomic E-state index is 12.9. The van der Waals surface area contributed by atoms with Crippen LogP contribution < -0.4 is 14.8 Å². The molecule has 5 nitrogen and oxygen atoms in total. The highest BCUT2D eigenvalue weighted by Gasteiger charge is 2.19. The minimum Gasteiger partial charge on any atom is -0.497 e. The molecule has 3 aromatic rings. The van der Waals surface area contributed by atoms with Gasteiger partial charge in [0.25, 0.3) is 5.91 Å². The summed E-state index contributed by atoms with van der Waals surface area (Å²) in [6, 6.07) is 18.4. The van der Waals surface area contributed by atoms with E-state index in [2.05, 4.69) is 10.3 Å². The first-order valence-electron chi connectivity index (χ1n) is 8.20. The molecule has 1 heterocycles. The monoisotopic (exact) mass is 348 g/mol. The Morgan fingerprint density at radius 2 is 1.58 bits per heavy atom. The van der Waals surface area contributed by atoms with Crippen LogP contribution in [0.5, 0.6) is 11.5 Å². The predicted octanol–water partition coefficient (Wildman–Crippen LogP) is 3.62.